The molecule has 0 aliphatic heterocycles. The normalized spacial score (nSPS) is 11.3. The molecule has 0 spiro atoms. The molecule has 0 bridgehead atoms. The quantitative estimate of drug-likeness (QED) is 0.633. The van der Waals surface area contributed by atoms with Crippen LogP contribution in [0, 0.1) is 11.7 Å². The molecule has 0 saturated heterocycles. The fraction of sp³-hybridized carbons (Fsp3) is 0.588. The van der Waals surface area contributed by atoms with Crippen LogP contribution in [-0.4, -0.2) is 30.3 Å². The van der Waals surface area contributed by atoms with E-state index in [-0.39, 0.29) is 11.6 Å². The lowest BCUT2D eigenvalue weighted by molar-refractivity contribution is 0.0960. The monoisotopic (exact) mass is 279 g/mol. The third kappa shape index (κ3) is 5.41. The maximum atomic E-state index is 13.1. The van der Waals surface area contributed by atoms with Crippen molar-refractivity contribution in [3.8, 4) is 0 Å². The van der Waals surface area contributed by atoms with Crippen molar-refractivity contribution in [1.82, 2.24) is 4.90 Å². The first-order chi connectivity index (χ1) is 9.60. The van der Waals surface area contributed by atoms with E-state index in [2.05, 4.69) is 25.7 Å². The fourth-order valence-electron chi connectivity index (χ4n) is 2.36. The second-order valence-corrected chi connectivity index (χ2v) is 5.26. The van der Waals surface area contributed by atoms with Crippen molar-refractivity contribution in [2.24, 2.45) is 5.92 Å². The third-order valence-electron chi connectivity index (χ3n) is 3.92. The van der Waals surface area contributed by atoms with Crippen LogP contribution in [0.2, 0.25) is 0 Å². The average molecular weight is 279 g/mol. The molecule has 1 rings (SSSR count). The average Bonchev–Trinajstić information content (AvgIpc) is 2.47. The van der Waals surface area contributed by atoms with Gasteiger partial charge in [0.25, 0.3) is 0 Å². The summed E-state index contributed by atoms with van der Waals surface area (Å²) < 4.78 is 13.1. The number of hydrogen-bond donors (Lipinski definition) is 0. The van der Waals surface area contributed by atoms with Gasteiger partial charge < -0.3 is 4.90 Å². The number of rotatable bonds is 9. The minimum absolute atomic E-state index is 0.0208. The minimum Gasteiger partial charge on any atom is -0.303 e. The van der Waals surface area contributed by atoms with Crippen molar-refractivity contribution in [3.05, 3.63) is 35.6 Å². The van der Waals surface area contributed by atoms with Crippen molar-refractivity contribution in [2.75, 3.05) is 19.6 Å². The second kappa shape index (κ2) is 8.85. The van der Waals surface area contributed by atoms with E-state index in [1.54, 1.807) is 12.1 Å². The lowest BCUT2D eigenvalue weighted by Gasteiger charge is -2.24. The smallest absolute Gasteiger partial charge is 0.164 e. The van der Waals surface area contributed by atoms with Gasteiger partial charge in [-0.3, -0.25) is 4.79 Å². The van der Waals surface area contributed by atoms with E-state index in [1.165, 1.54) is 25.0 Å². The summed E-state index contributed by atoms with van der Waals surface area (Å²) in [5, 5.41) is 0. The summed E-state index contributed by atoms with van der Waals surface area (Å²) in [5.41, 5.74) is 0.476. The number of Topliss-reactive ketones (excluding diaryl/α,β-unsaturated/α-hetero) is 1. The number of hydrogen-bond acceptors (Lipinski definition) is 2. The number of nitrogens with zero attached hydrogens (tertiary/aromatic N) is 1. The topological polar surface area (TPSA) is 20.3 Å². The first-order valence-corrected chi connectivity index (χ1v) is 7.61. The standard InChI is InChI=1S/C17H26FNO/c1-4-14(5-2)13-19(6-3)11-10-17(20)15-8-7-9-16(18)12-15/h7-9,12,14H,4-6,10-11,13H2,1-3H3. The number of carbonyl (C=O) groups is 1. The van der Waals surface area contributed by atoms with Crippen LogP contribution in [0.15, 0.2) is 24.3 Å². The van der Waals surface area contributed by atoms with Crippen molar-refractivity contribution in [2.45, 2.75) is 40.0 Å². The van der Waals surface area contributed by atoms with E-state index in [1.807, 2.05) is 0 Å². The summed E-state index contributed by atoms with van der Waals surface area (Å²) in [7, 11) is 0. The highest BCUT2D eigenvalue weighted by atomic mass is 19.1. The zero-order valence-electron chi connectivity index (χ0n) is 12.9. The molecule has 0 N–H and O–H groups in total. The van der Waals surface area contributed by atoms with Crippen molar-refractivity contribution >= 4 is 5.78 Å². The summed E-state index contributed by atoms with van der Waals surface area (Å²) >= 11 is 0. The molecule has 0 amide bonds. The van der Waals surface area contributed by atoms with Crippen LogP contribution in [0.25, 0.3) is 0 Å². The lowest BCUT2D eigenvalue weighted by atomic mass is 10.0. The molecule has 3 heteroatoms. The van der Waals surface area contributed by atoms with E-state index in [4.69, 9.17) is 0 Å². The summed E-state index contributed by atoms with van der Waals surface area (Å²) in [4.78, 5) is 14.4. The molecule has 0 unspecified atom stereocenters. The second-order valence-electron chi connectivity index (χ2n) is 5.26. The van der Waals surface area contributed by atoms with Crippen LogP contribution in [0.4, 0.5) is 4.39 Å². The van der Waals surface area contributed by atoms with Crippen LogP contribution in [0.3, 0.4) is 0 Å². The number of benzene rings is 1. The Morgan fingerprint density at radius 3 is 2.50 bits per heavy atom. The lowest BCUT2D eigenvalue weighted by Crippen LogP contribution is -2.31. The van der Waals surface area contributed by atoms with Gasteiger partial charge >= 0.3 is 0 Å². The highest BCUT2D eigenvalue weighted by Crippen LogP contribution is 2.11. The predicted octanol–water partition coefficient (Wildman–Crippen LogP) is 4.16. The number of carbonyl (C=O) groups excluding carboxylic acids is 1. The Hall–Kier alpha value is -1.22. The zero-order chi connectivity index (χ0) is 15.0. The van der Waals surface area contributed by atoms with Gasteiger partial charge in [0.2, 0.25) is 0 Å². The summed E-state index contributed by atoms with van der Waals surface area (Å²) in [6.45, 7) is 9.28. The molecule has 0 aliphatic carbocycles. The van der Waals surface area contributed by atoms with Gasteiger partial charge in [0.05, 0.1) is 0 Å². The first kappa shape index (κ1) is 16.8. The molecule has 0 aromatic heterocycles. The minimum atomic E-state index is -0.347. The maximum Gasteiger partial charge on any atom is 0.164 e. The Bertz CT molecular complexity index is 415. The molecular weight excluding hydrogens is 253 g/mol. The number of halogens is 1. The molecule has 2 nitrogen and oxygen atoms in total. The maximum absolute atomic E-state index is 13.1. The summed E-state index contributed by atoms with van der Waals surface area (Å²) in [6.07, 6.45) is 2.80. The highest BCUT2D eigenvalue weighted by molar-refractivity contribution is 5.96. The van der Waals surface area contributed by atoms with Gasteiger partial charge in [0, 0.05) is 25.1 Å². The SMILES string of the molecule is CCC(CC)CN(CC)CCC(=O)c1cccc(F)c1. The van der Waals surface area contributed by atoms with Crippen LogP contribution in [-0.2, 0) is 0 Å². The van der Waals surface area contributed by atoms with Gasteiger partial charge in [0.1, 0.15) is 5.82 Å². The van der Waals surface area contributed by atoms with Gasteiger partial charge in [-0.1, -0.05) is 45.7 Å². The van der Waals surface area contributed by atoms with Crippen LogP contribution >= 0.6 is 0 Å². The number of ketones is 1. The molecule has 1 aromatic carbocycles. The largest absolute Gasteiger partial charge is 0.303 e. The molecule has 20 heavy (non-hydrogen) atoms. The molecule has 0 fully saturated rings. The molecular formula is C17H26FNO. The molecule has 0 aliphatic rings. The van der Waals surface area contributed by atoms with Gasteiger partial charge in [-0.2, -0.15) is 0 Å². The van der Waals surface area contributed by atoms with Crippen LogP contribution < -0.4 is 0 Å². The molecule has 0 saturated carbocycles. The van der Waals surface area contributed by atoms with Crippen molar-refractivity contribution in [1.29, 1.82) is 0 Å². The summed E-state index contributed by atoms with van der Waals surface area (Å²) in [5.74, 6) is 0.368. The Morgan fingerprint density at radius 1 is 1.25 bits per heavy atom. The first-order valence-electron chi connectivity index (χ1n) is 7.61. The Kier molecular flexibility index (Phi) is 7.45. The summed E-state index contributed by atoms with van der Waals surface area (Å²) in [6, 6.07) is 5.95. The molecule has 0 heterocycles. The van der Waals surface area contributed by atoms with E-state index in [0.29, 0.717) is 17.9 Å². The predicted molar refractivity (Wildman–Crippen MR) is 81.5 cm³/mol. The van der Waals surface area contributed by atoms with E-state index in [9.17, 15) is 9.18 Å². The van der Waals surface area contributed by atoms with E-state index < -0.39 is 0 Å². The Labute approximate surface area is 122 Å². The van der Waals surface area contributed by atoms with Crippen LogP contribution in [0.1, 0.15) is 50.4 Å². The highest BCUT2D eigenvalue weighted by Gasteiger charge is 2.12. The molecule has 112 valence electrons. The third-order valence-corrected chi connectivity index (χ3v) is 3.92. The Morgan fingerprint density at radius 2 is 1.95 bits per heavy atom. The van der Waals surface area contributed by atoms with Gasteiger partial charge in [-0.15, -0.1) is 0 Å². The van der Waals surface area contributed by atoms with Gasteiger partial charge in [-0.05, 0) is 24.6 Å². The van der Waals surface area contributed by atoms with Gasteiger partial charge in [0.15, 0.2) is 5.78 Å². The van der Waals surface area contributed by atoms with Crippen molar-refractivity contribution < 1.29 is 9.18 Å². The van der Waals surface area contributed by atoms with E-state index >= 15 is 0 Å². The van der Waals surface area contributed by atoms with E-state index in [0.717, 1.165) is 19.6 Å². The van der Waals surface area contributed by atoms with Gasteiger partial charge in [-0.25, -0.2) is 4.39 Å². The Balaban J connectivity index is 2.49. The fourth-order valence-corrected chi connectivity index (χ4v) is 2.36. The molecule has 0 atom stereocenters. The molecule has 1 aromatic rings. The van der Waals surface area contributed by atoms with Crippen LogP contribution in [0.5, 0.6) is 0 Å². The zero-order valence-corrected chi connectivity index (χ0v) is 12.9. The van der Waals surface area contributed by atoms with Crippen molar-refractivity contribution in [3.63, 3.8) is 0 Å². The molecule has 0 radical (unpaired) electrons.